The van der Waals surface area contributed by atoms with E-state index in [1.165, 1.54) is 33.8 Å². The van der Waals surface area contributed by atoms with E-state index in [2.05, 4.69) is 0 Å². The maximum atomic E-state index is 14.2. The van der Waals surface area contributed by atoms with Gasteiger partial charge in [0.05, 0.1) is 24.0 Å². The number of hydrogen-bond donors (Lipinski definition) is 0. The predicted molar refractivity (Wildman–Crippen MR) is 302 cm³/mol. The molecule has 4 aliphatic rings. The molecule has 2 aromatic rings. The number of carbonyl (C=O) groups excluding carboxylic acids is 6. The first-order chi connectivity index (χ1) is 37.2. The van der Waals surface area contributed by atoms with Gasteiger partial charge in [-0.15, -0.1) is 0 Å². The van der Waals surface area contributed by atoms with Gasteiger partial charge in [0.15, 0.2) is 0 Å². The topological polar surface area (TPSA) is 226 Å². The number of benzene rings is 2. The number of carboxylic acids is 2. The number of esters is 2. The zero-order valence-electron chi connectivity index (χ0n) is 48.1. The number of carboxylic acid groups (broad SMARTS) is 2. The van der Waals surface area contributed by atoms with Crippen LogP contribution in [0.25, 0.3) is 0 Å². The molecule has 16 nitrogen and oxygen atoms in total. The largest absolute Gasteiger partial charge is 2.00 e. The van der Waals surface area contributed by atoms with Gasteiger partial charge in [-0.1, -0.05) is 166 Å². The minimum Gasteiger partial charge on any atom is -0.548 e. The molecule has 6 rings (SSSR count). The van der Waals surface area contributed by atoms with Gasteiger partial charge in [0.2, 0.25) is 39.1 Å². The fourth-order valence-electron chi connectivity index (χ4n) is 11.6. The Bertz CT molecular complexity index is 2150. The van der Waals surface area contributed by atoms with Gasteiger partial charge in [0.25, 0.3) is 0 Å². The second-order valence-electron chi connectivity index (χ2n) is 23.0. The van der Waals surface area contributed by atoms with E-state index < -0.39 is 87.4 Å². The van der Waals surface area contributed by atoms with E-state index in [0.717, 1.165) is 77.0 Å². The van der Waals surface area contributed by atoms with Crippen molar-refractivity contribution in [3.8, 4) is 0 Å². The summed E-state index contributed by atoms with van der Waals surface area (Å²) in [4.78, 5) is 77.9. The fourth-order valence-corrected chi connectivity index (χ4v) is 16.2. The first kappa shape index (κ1) is 68.4. The molecule has 19 heteroatoms. The average Bonchev–Trinajstić information content (AvgIpc) is 4.14. The third-order valence-corrected chi connectivity index (χ3v) is 20.8. The SMILES string of the molecule is CCC(=O)OC(OP(=O)(CCCCc1ccccc1)CC(=O)N1C[C@H](C2CCCCC2)C[C@H]1C(=O)[O-])C(C)C.CCC(=O)OC(OP(=O)(CCCCc1ccccc1)CC(=O)N1C[C@H](C2CCCCC2)C[C@H]1C(=O)[O-])C(C)C.[Ca+2]. The molecule has 2 saturated heterocycles. The monoisotopic (exact) mass is 1160 g/mol. The third kappa shape index (κ3) is 22.5. The fraction of sp³-hybridized carbons (Fsp3) is 0.700. The second-order valence-corrected chi connectivity index (χ2v) is 28.2. The standard InChI is InChI=1S/2C30H46NO7P.Ca/c2*1-4-28(33)37-30(22(2)3)38-39(36,18-12-11-15-23-13-7-5-8-14-23)21-27(32)31-20-25(19-26(31)29(34)35)24-16-9-6-10-17-24;/h2*5,7-8,13-14,22,24-26,30H,4,6,9-12,15-21H2,1-3H3,(H,34,35);/q;;+2/p-2/t2*25-,26+,30?,39?;/m11./s1. The van der Waals surface area contributed by atoms with Crippen LogP contribution in [0.3, 0.4) is 0 Å². The van der Waals surface area contributed by atoms with Gasteiger partial charge in [0.1, 0.15) is 12.3 Å². The molecular weight excluding hydrogens is 1070 g/mol. The Hall–Kier alpha value is -3.10. The average molecular weight is 1170 g/mol. The van der Waals surface area contributed by atoms with Crippen molar-refractivity contribution in [2.24, 2.45) is 35.5 Å². The zero-order valence-corrected chi connectivity index (χ0v) is 52.1. The van der Waals surface area contributed by atoms with Crippen LogP contribution in [-0.4, -0.2) is 146 Å². The molecule has 0 radical (unpaired) electrons. The van der Waals surface area contributed by atoms with Crippen LogP contribution in [0.1, 0.15) is 168 Å². The first-order valence-electron chi connectivity index (χ1n) is 29.2. The number of nitrogens with zero attached hydrogens (tertiary/aromatic N) is 2. The first-order valence-corrected chi connectivity index (χ1v) is 33.2. The number of aryl methyl sites for hydroxylation is 2. The Labute approximate surface area is 500 Å². The molecule has 8 atom stereocenters. The number of amides is 2. The van der Waals surface area contributed by atoms with Gasteiger partial charge in [-0.3, -0.25) is 37.4 Å². The Morgan fingerprint density at radius 2 is 0.873 bits per heavy atom. The number of rotatable bonds is 28. The number of hydrogen-bond acceptors (Lipinski definition) is 14. The van der Waals surface area contributed by atoms with Crippen LogP contribution in [0, 0.1) is 35.5 Å². The summed E-state index contributed by atoms with van der Waals surface area (Å²) < 4.78 is 51.3. The van der Waals surface area contributed by atoms with Crippen LogP contribution >= 0.6 is 14.7 Å². The van der Waals surface area contributed by atoms with Crippen molar-refractivity contribution in [2.45, 2.75) is 195 Å². The molecule has 2 heterocycles. The zero-order chi connectivity index (χ0) is 56.8. The van der Waals surface area contributed by atoms with E-state index in [1.807, 2.05) is 60.7 Å². The molecule has 0 bridgehead atoms. The Balaban J connectivity index is 0.000000336. The Kier molecular flexibility index (Phi) is 29.9. The number of aliphatic carboxylic acids is 2. The molecule has 0 aromatic heterocycles. The summed E-state index contributed by atoms with van der Waals surface area (Å²) in [6, 6.07) is 17.9. The summed E-state index contributed by atoms with van der Waals surface area (Å²) in [7, 11) is -7.23. The Morgan fingerprint density at radius 3 is 1.18 bits per heavy atom. The molecule has 2 aliphatic carbocycles. The molecule has 2 saturated carbocycles. The van der Waals surface area contributed by atoms with E-state index in [-0.39, 0.29) is 86.6 Å². The van der Waals surface area contributed by atoms with Crippen molar-refractivity contribution in [3.05, 3.63) is 71.8 Å². The molecule has 0 spiro atoms. The minimum atomic E-state index is -3.62. The molecule has 4 fully saturated rings. The minimum absolute atomic E-state index is 0. The summed E-state index contributed by atoms with van der Waals surface area (Å²) in [5.41, 5.74) is 2.34. The van der Waals surface area contributed by atoms with Gasteiger partial charge >= 0.3 is 49.7 Å². The molecule has 2 aliphatic heterocycles. The van der Waals surface area contributed by atoms with Crippen LogP contribution in [0.2, 0.25) is 0 Å². The van der Waals surface area contributed by atoms with E-state index in [1.54, 1.807) is 41.5 Å². The molecule has 0 N–H and O–H groups in total. The maximum absolute atomic E-state index is 14.2. The molecule has 436 valence electrons. The third-order valence-electron chi connectivity index (χ3n) is 16.1. The summed E-state index contributed by atoms with van der Waals surface area (Å²) in [5, 5.41) is 24.0. The van der Waals surface area contributed by atoms with Gasteiger partial charge < -0.3 is 39.1 Å². The van der Waals surface area contributed by atoms with Crippen molar-refractivity contribution < 1.29 is 66.6 Å². The Morgan fingerprint density at radius 1 is 0.532 bits per heavy atom. The smallest absolute Gasteiger partial charge is 0.548 e. The van der Waals surface area contributed by atoms with Crippen LogP contribution in [0.15, 0.2) is 60.7 Å². The normalized spacial score (nSPS) is 22.1. The summed E-state index contributed by atoms with van der Waals surface area (Å²) in [6.07, 6.45) is 13.8. The second kappa shape index (κ2) is 34.5. The van der Waals surface area contributed by atoms with E-state index in [4.69, 9.17) is 18.5 Å². The summed E-state index contributed by atoms with van der Waals surface area (Å²) >= 11 is 0. The van der Waals surface area contributed by atoms with E-state index in [0.29, 0.717) is 50.6 Å². The quantitative estimate of drug-likeness (QED) is 0.0255. The number of unbranched alkanes of at least 4 members (excludes halogenated alkanes) is 2. The summed E-state index contributed by atoms with van der Waals surface area (Å²) in [5.74, 6) is -3.97. The van der Waals surface area contributed by atoms with Gasteiger partial charge in [-0.05, 0) is 86.2 Å². The van der Waals surface area contributed by atoms with Crippen molar-refractivity contribution >= 4 is 88.2 Å². The van der Waals surface area contributed by atoms with Crippen molar-refractivity contribution in [2.75, 3.05) is 37.7 Å². The number of carbonyl (C=O) groups is 6. The van der Waals surface area contributed by atoms with Crippen molar-refractivity contribution in [3.63, 3.8) is 0 Å². The van der Waals surface area contributed by atoms with Crippen LogP contribution in [0.5, 0.6) is 0 Å². The van der Waals surface area contributed by atoms with E-state index >= 15 is 0 Å². The van der Waals surface area contributed by atoms with E-state index in [9.17, 15) is 48.1 Å². The number of likely N-dealkylation sites (tertiary alicyclic amines) is 2. The van der Waals surface area contributed by atoms with Gasteiger partial charge in [-0.2, -0.15) is 0 Å². The summed E-state index contributed by atoms with van der Waals surface area (Å²) in [6.45, 7) is 11.2. The van der Waals surface area contributed by atoms with Crippen LogP contribution in [0.4, 0.5) is 0 Å². The van der Waals surface area contributed by atoms with Crippen LogP contribution in [-0.2, 0) is 69.3 Å². The molecule has 2 aromatic carbocycles. The van der Waals surface area contributed by atoms with Gasteiger partial charge in [-0.25, -0.2) is 0 Å². The maximum Gasteiger partial charge on any atom is 2.00 e. The number of ether oxygens (including phenoxy) is 2. The van der Waals surface area contributed by atoms with Crippen LogP contribution < -0.4 is 10.2 Å². The molecule has 4 unspecified atom stereocenters. The predicted octanol–water partition coefficient (Wildman–Crippen LogP) is 9.19. The van der Waals surface area contributed by atoms with Gasteiger partial charge in [0, 0.05) is 50.1 Å². The van der Waals surface area contributed by atoms with Crippen molar-refractivity contribution in [1.29, 1.82) is 0 Å². The molecule has 79 heavy (non-hydrogen) atoms. The van der Waals surface area contributed by atoms with Crippen molar-refractivity contribution in [1.82, 2.24) is 9.80 Å². The molecular formula is C60H90CaN2O14P2. The molecule has 2 amide bonds.